The van der Waals surface area contributed by atoms with E-state index in [0.29, 0.717) is 17.0 Å². The number of Topliss-reactive ketones (excluding diaryl/α,β-unsaturated/α-hetero) is 1. The van der Waals surface area contributed by atoms with Crippen molar-refractivity contribution in [2.24, 2.45) is 0 Å². The molecule has 0 aliphatic carbocycles. The molecule has 1 aromatic carbocycles. The van der Waals surface area contributed by atoms with Gasteiger partial charge in [0, 0.05) is 18.5 Å². The second kappa shape index (κ2) is 7.36. The zero-order valence-corrected chi connectivity index (χ0v) is 12.2. The lowest BCUT2D eigenvalue weighted by molar-refractivity contribution is -0.116. The quantitative estimate of drug-likeness (QED) is 0.831. The molecule has 0 radical (unpaired) electrons. The fourth-order valence-electron chi connectivity index (χ4n) is 1.81. The molecule has 106 valence electrons. The van der Waals surface area contributed by atoms with E-state index in [1.165, 1.54) is 11.3 Å². The van der Waals surface area contributed by atoms with Gasteiger partial charge in [-0.25, -0.2) is 0 Å². The van der Waals surface area contributed by atoms with Crippen LogP contribution in [0.1, 0.15) is 28.1 Å². The summed E-state index contributed by atoms with van der Waals surface area (Å²) in [6.07, 6.45) is 0.721. The molecule has 5 heteroatoms. The fourth-order valence-corrected chi connectivity index (χ4v) is 2.50. The molecule has 21 heavy (non-hydrogen) atoms. The van der Waals surface area contributed by atoms with Crippen LogP contribution in [0, 0.1) is 11.3 Å². The summed E-state index contributed by atoms with van der Waals surface area (Å²) in [4.78, 5) is 24.2. The second-order valence-corrected chi connectivity index (χ2v) is 5.43. The summed E-state index contributed by atoms with van der Waals surface area (Å²) in [5, 5.41) is 13.2. The van der Waals surface area contributed by atoms with Gasteiger partial charge in [0.2, 0.25) is 5.91 Å². The zero-order valence-electron chi connectivity index (χ0n) is 11.3. The van der Waals surface area contributed by atoms with Crippen LogP contribution < -0.4 is 5.32 Å². The van der Waals surface area contributed by atoms with E-state index in [2.05, 4.69) is 11.4 Å². The van der Waals surface area contributed by atoms with E-state index in [4.69, 9.17) is 5.26 Å². The van der Waals surface area contributed by atoms with Crippen LogP contribution in [-0.4, -0.2) is 11.7 Å². The first-order valence-electron chi connectivity index (χ1n) is 6.51. The lowest BCUT2D eigenvalue weighted by Gasteiger charge is -2.05. The van der Waals surface area contributed by atoms with Gasteiger partial charge in [-0.2, -0.15) is 5.26 Å². The summed E-state index contributed by atoms with van der Waals surface area (Å²) in [7, 11) is 0. The van der Waals surface area contributed by atoms with Crippen molar-refractivity contribution >= 4 is 28.7 Å². The lowest BCUT2D eigenvalue weighted by atomic mass is 10.1. The molecule has 1 heterocycles. The van der Waals surface area contributed by atoms with Crippen molar-refractivity contribution in [3.63, 3.8) is 0 Å². The summed E-state index contributed by atoms with van der Waals surface area (Å²) >= 11 is 1.39. The third-order valence-electron chi connectivity index (χ3n) is 2.90. The predicted octanol–water partition coefficient (Wildman–Crippen LogP) is 3.42. The SMILES string of the molecule is N#CCc1ccc(NC(=O)CCC(=O)c2cccs2)cc1. The molecule has 4 nitrogen and oxygen atoms in total. The van der Waals surface area contributed by atoms with Crippen molar-refractivity contribution in [3.05, 3.63) is 52.2 Å². The molecule has 1 N–H and O–H groups in total. The minimum absolute atomic E-state index is 0.00971. The van der Waals surface area contributed by atoms with Crippen LogP contribution >= 0.6 is 11.3 Å². The van der Waals surface area contributed by atoms with Gasteiger partial charge < -0.3 is 5.32 Å². The van der Waals surface area contributed by atoms with E-state index >= 15 is 0 Å². The number of carbonyl (C=O) groups is 2. The Kier molecular flexibility index (Phi) is 5.24. The highest BCUT2D eigenvalue weighted by molar-refractivity contribution is 7.12. The average Bonchev–Trinajstić information content (AvgIpc) is 3.01. The zero-order chi connectivity index (χ0) is 15.1. The number of thiophene rings is 1. The summed E-state index contributed by atoms with van der Waals surface area (Å²) in [5.41, 5.74) is 1.58. The monoisotopic (exact) mass is 298 g/mol. The first-order valence-corrected chi connectivity index (χ1v) is 7.39. The summed E-state index contributed by atoms with van der Waals surface area (Å²) in [6, 6.07) is 12.8. The first kappa shape index (κ1) is 14.9. The van der Waals surface area contributed by atoms with Gasteiger partial charge >= 0.3 is 0 Å². The molecule has 0 atom stereocenters. The number of benzene rings is 1. The Hall–Kier alpha value is -2.45. The molecular formula is C16H14N2O2S. The maximum Gasteiger partial charge on any atom is 0.224 e. The van der Waals surface area contributed by atoms with Crippen molar-refractivity contribution in [1.29, 1.82) is 5.26 Å². The molecule has 2 rings (SSSR count). The number of nitrogens with one attached hydrogen (secondary N) is 1. The first-order chi connectivity index (χ1) is 10.2. The fraction of sp³-hybridized carbons (Fsp3) is 0.188. The van der Waals surface area contributed by atoms with Crippen LogP contribution in [0.2, 0.25) is 0 Å². The summed E-state index contributed by atoms with van der Waals surface area (Å²) in [6.45, 7) is 0. The van der Waals surface area contributed by atoms with Crippen LogP contribution in [0.25, 0.3) is 0 Å². The molecule has 0 spiro atoms. The maximum absolute atomic E-state index is 11.8. The molecule has 0 bridgehead atoms. The highest BCUT2D eigenvalue weighted by atomic mass is 32.1. The lowest BCUT2D eigenvalue weighted by Crippen LogP contribution is -2.13. The van der Waals surface area contributed by atoms with Crippen LogP contribution in [0.15, 0.2) is 41.8 Å². The van der Waals surface area contributed by atoms with Crippen molar-refractivity contribution in [3.8, 4) is 6.07 Å². The minimum atomic E-state index is -0.187. The third kappa shape index (κ3) is 4.55. The number of nitriles is 1. The van der Waals surface area contributed by atoms with E-state index < -0.39 is 0 Å². The van der Waals surface area contributed by atoms with Crippen molar-refractivity contribution in [2.75, 3.05) is 5.32 Å². The Morgan fingerprint density at radius 1 is 1.14 bits per heavy atom. The Morgan fingerprint density at radius 2 is 1.90 bits per heavy atom. The van der Waals surface area contributed by atoms with E-state index in [0.717, 1.165) is 5.56 Å². The molecule has 0 saturated heterocycles. The average molecular weight is 298 g/mol. The number of hydrogen-bond acceptors (Lipinski definition) is 4. The number of hydrogen-bond donors (Lipinski definition) is 1. The van der Waals surface area contributed by atoms with Crippen molar-refractivity contribution < 1.29 is 9.59 Å². The number of rotatable bonds is 6. The van der Waals surface area contributed by atoms with E-state index in [1.807, 2.05) is 11.4 Å². The number of amides is 1. The molecule has 0 fully saturated rings. The molecule has 2 aromatic rings. The van der Waals surface area contributed by atoms with Gasteiger partial charge in [-0.05, 0) is 29.1 Å². The van der Waals surface area contributed by atoms with Gasteiger partial charge in [-0.1, -0.05) is 18.2 Å². The third-order valence-corrected chi connectivity index (χ3v) is 3.81. The number of anilines is 1. The highest BCUT2D eigenvalue weighted by Gasteiger charge is 2.10. The van der Waals surface area contributed by atoms with E-state index in [1.54, 1.807) is 30.3 Å². The topological polar surface area (TPSA) is 70.0 Å². The van der Waals surface area contributed by atoms with Gasteiger partial charge in [0.1, 0.15) is 0 Å². The van der Waals surface area contributed by atoms with Crippen LogP contribution in [-0.2, 0) is 11.2 Å². The molecule has 0 aliphatic heterocycles. The number of ketones is 1. The molecule has 0 unspecified atom stereocenters. The molecule has 1 amide bonds. The van der Waals surface area contributed by atoms with Crippen LogP contribution in [0.5, 0.6) is 0 Å². The van der Waals surface area contributed by atoms with E-state index in [9.17, 15) is 9.59 Å². The number of nitrogens with zero attached hydrogens (tertiary/aromatic N) is 1. The summed E-state index contributed by atoms with van der Waals surface area (Å²) < 4.78 is 0. The Morgan fingerprint density at radius 3 is 2.52 bits per heavy atom. The number of carbonyl (C=O) groups excluding carboxylic acids is 2. The van der Waals surface area contributed by atoms with Gasteiger partial charge in [-0.15, -0.1) is 11.3 Å². The Balaban J connectivity index is 1.82. The maximum atomic E-state index is 11.8. The largest absolute Gasteiger partial charge is 0.326 e. The summed E-state index contributed by atoms with van der Waals surface area (Å²) in [5.74, 6) is -0.197. The molecule has 0 aliphatic rings. The Labute approximate surface area is 127 Å². The molecule has 0 saturated carbocycles. The smallest absolute Gasteiger partial charge is 0.224 e. The minimum Gasteiger partial charge on any atom is -0.326 e. The molecule has 1 aromatic heterocycles. The van der Waals surface area contributed by atoms with Crippen LogP contribution in [0.4, 0.5) is 5.69 Å². The van der Waals surface area contributed by atoms with E-state index in [-0.39, 0.29) is 24.5 Å². The van der Waals surface area contributed by atoms with Gasteiger partial charge in [0.15, 0.2) is 5.78 Å². The predicted molar refractivity (Wildman–Crippen MR) is 82.3 cm³/mol. The second-order valence-electron chi connectivity index (χ2n) is 4.48. The van der Waals surface area contributed by atoms with Crippen molar-refractivity contribution in [1.82, 2.24) is 0 Å². The molecular weight excluding hydrogens is 284 g/mol. The van der Waals surface area contributed by atoms with Gasteiger partial charge in [0.05, 0.1) is 17.4 Å². The standard InChI is InChI=1S/C16H14N2O2S/c17-10-9-12-3-5-13(6-4-12)18-16(20)8-7-14(19)15-2-1-11-21-15/h1-6,11H,7-9H2,(H,18,20). The van der Waals surface area contributed by atoms with Gasteiger partial charge in [-0.3, -0.25) is 9.59 Å². The normalized spacial score (nSPS) is 9.86. The Bertz CT molecular complexity index is 655. The van der Waals surface area contributed by atoms with Crippen LogP contribution in [0.3, 0.4) is 0 Å². The van der Waals surface area contributed by atoms with Crippen molar-refractivity contribution in [2.45, 2.75) is 19.3 Å². The highest BCUT2D eigenvalue weighted by Crippen LogP contribution is 2.14. The van der Waals surface area contributed by atoms with Gasteiger partial charge in [0.25, 0.3) is 0 Å².